The highest BCUT2D eigenvalue weighted by Crippen LogP contribution is 2.44. The Morgan fingerprint density at radius 2 is 1.04 bits per heavy atom. The fraction of sp³-hybridized carbons (Fsp3) is 0.366. The van der Waals surface area contributed by atoms with E-state index in [2.05, 4.69) is 0 Å². The van der Waals surface area contributed by atoms with Crippen LogP contribution in [0.3, 0.4) is 0 Å². The average Bonchev–Trinajstić information content (AvgIpc) is 3.24. The molecule has 16 heteroatoms. The quantitative estimate of drug-likeness (QED) is 0.0755. The molecule has 0 N–H and O–H groups in total. The number of methoxy groups -OCH3 is 7. The summed E-state index contributed by atoms with van der Waals surface area (Å²) in [6.07, 6.45) is -5.34. The normalized spacial score (nSPS) is 18.9. The van der Waals surface area contributed by atoms with Crippen LogP contribution in [-0.2, 0) is 41.6 Å². The minimum absolute atomic E-state index is 0.110. The van der Waals surface area contributed by atoms with Crippen molar-refractivity contribution in [3.8, 4) is 34.5 Å². The Labute approximate surface area is 358 Å². The molecule has 0 aromatic heterocycles. The molecule has 5 rings (SSSR count). The summed E-state index contributed by atoms with van der Waals surface area (Å²) < 4.78 is 71.7. The van der Waals surface area contributed by atoms with Gasteiger partial charge in [-0.3, -0.25) is 0 Å². The maximum atomic E-state index is 14.4. The maximum Gasteiger partial charge on any atom is 0.339 e. The van der Waals surface area contributed by atoms with E-state index >= 15 is 0 Å². The van der Waals surface area contributed by atoms with Crippen molar-refractivity contribution in [2.24, 2.45) is 0 Å². The van der Waals surface area contributed by atoms with Crippen LogP contribution in [0.25, 0.3) is 0 Å². The lowest BCUT2D eigenvalue weighted by Crippen LogP contribution is -2.62. The van der Waals surface area contributed by atoms with Crippen molar-refractivity contribution < 1.29 is 66.4 Å². The third-order valence-electron chi connectivity index (χ3n) is 8.99. The van der Waals surface area contributed by atoms with Gasteiger partial charge in [0.05, 0.1) is 74.1 Å². The number of hydrogen-bond acceptors (Lipinski definition) is 14. The summed E-state index contributed by atoms with van der Waals surface area (Å²) >= 11 is 3.96. The molecule has 5 atom stereocenters. The summed E-state index contributed by atoms with van der Waals surface area (Å²) in [5.74, 6) is 0.176. The van der Waals surface area contributed by atoms with Gasteiger partial charge in [-0.15, -0.1) is 0 Å². The summed E-state index contributed by atoms with van der Waals surface area (Å²) in [6, 6.07) is 22.0. The van der Waals surface area contributed by atoms with Crippen LogP contribution in [0.4, 0.5) is 0 Å². The van der Waals surface area contributed by atoms with Crippen LogP contribution in [-0.4, -0.2) is 99.0 Å². The van der Waals surface area contributed by atoms with E-state index in [0.717, 1.165) is 11.1 Å². The van der Waals surface area contributed by atoms with Crippen molar-refractivity contribution in [3.05, 3.63) is 102 Å². The molecular formula is C41H44I2O14. The van der Waals surface area contributed by atoms with Gasteiger partial charge >= 0.3 is 11.9 Å². The van der Waals surface area contributed by atoms with E-state index in [0.29, 0.717) is 18.6 Å². The van der Waals surface area contributed by atoms with E-state index in [1.165, 1.54) is 61.9 Å². The Morgan fingerprint density at radius 3 is 1.47 bits per heavy atom. The molecule has 0 unspecified atom stereocenters. The molecule has 14 nitrogen and oxygen atoms in total. The molecular weight excluding hydrogens is 970 g/mol. The molecule has 57 heavy (non-hydrogen) atoms. The van der Waals surface area contributed by atoms with Crippen molar-refractivity contribution in [1.29, 1.82) is 0 Å². The van der Waals surface area contributed by atoms with Gasteiger partial charge in [-0.05, 0) is 68.4 Å². The van der Waals surface area contributed by atoms with Crippen LogP contribution in [0.15, 0.2) is 72.8 Å². The first-order valence-corrected chi connectivity index (χ1v) is 19.6. The topological polar surface area (TPSA) is 145 Å². The van der Waals surface area contributed by atoms with Crippen molar-refractivity contribution >= 4 is 57.1 Å². The highest BCUT2D eigenvalue weighted by atomic mass is 127. The predicted molar refractivity (Wildman–Crippen MR) is 223 cm³/mol. The Bertz CT molecular complexity index is 1960. The van der Waals surface area contributed by atoms with E-state index in [1.807, 2.05) is 106 Å². The maximum absolute atomic E-state index is 14.4. The standard InChI is InChI=1S/C41H44I2O14/c1-46-27-18-25(30(42)35(50-5)32(27)48-3)39(44)55-22-29-34(57-40(45)26-19-28(47-2)33(49-4)36(51-6)31(26)43)37(53-20-23-14-10-8-11-15-23)38(41(52-7)56-29)54-21-24-16-12-9-13-17-24/h8-19,29,34,37-38,41H,20-22H2,1-7H3/t29-,34-,37+,38-,41+/m1/s1. The van der Waals surface area contributed by atoms with Crippen LogP contribution >= 0.6 is 45.2 Å². The Hall–Kier alpha value is -4.08. The first-order valence-electron chi connectivity index (χ1n) is 17.5. The Morgan fingerprint density at radius 1 is 0.579 bits per heavy atom. The summed E-state index contributed by atoms with van der Waals surface area (Å²) in [5, 5.41) is 0. The van der Waals surface area contributed by atoms with Gasteiger partial charge in [0.15, 0.2) is 35.4 Å². The summed E-state index contributed by atoms with van der Waals surface area (Å²) in [4.78, 5) is 28.2. The van der Waals surface area contributed by atoms with E-state index in [4.69, 9.17) is 56.8 Å². The predicted octanol–water partition coefficient (Wildman–Crippen LogP) is 6.87. The average molecular weight is 1010 g/mol. The third kappa shape index (κ3) is 10.1. The van der Waals surface area contributed by atoms with Gasteiger partial charge in [0, 0.05) is 7.11 Å². The monoisotopic (exact) mass is 1010 g/mol. The summed E-state index contributed by atoms with van der Waals surface area (Å²) in [5.41, 5.74) is 1.99. The van der Waals surface area contributed by atoms with Crippen LogP contribution in [0, 0.1) is 7.14 Å². The molecule has 1 saturated heterocycles. The summed E-state index contributed by atoms with van der Waals surface area (Å²) in [7, 11) is 10.2. The fourth-order valence-electron chi connectivity index (χ4n) is 6.21. The lowest BCUT2D eigenvalue weighted by atomic mass is 9.97. The van der Waals surface area contributed by atoms with Crippen molar-refractivity contribution in [2.45, 2.75) is 43.9 Å². The number of carbonyl (C=O) groups is 2. The third-order valence-corrected chi connectivity index (χ3v) is 11.1. The molecule has 0 bridgehead atoms. The largest absolute Gasteiger partial charge is 0.493 e. The number of carbonyl (C=O) groups excluding carboxylic acids is 2. The minimum Gasteiger partial charge on any atom is -0.493 e. The molecule has 4 aromatic carbocycles. The van der Waals surface area contributed by atoms with Crippen LogP contribution < -0.4 is 28.4 Å². The van der Waals surface area contributed by atoms with E-state index < -0.39 is 49.3 Å². The second-order valence-electron chi connectivity index (χ2n) is 12.3. The Kier molecular flexibility index (Phi) is 16.3. The highest BCUT2D eigenvalue weighted by Gasteiger charge is 2.51. The van der Waals surface area contributed by atoms with Gasteiger partial charge in [0.1, 0.15) is 24.9 Å². The van der Waals surface area contributed by atoms with Gasteiger partial charge in [-0.25, -0.2) is 9.59 Å². The fourth-order valence-corrected chi connectivity index (χ4v) is 7.89. The van der Waals surface area contributed by atoms with Gasteiger partial charge in [-0.2, -0.15) is 0 Å². The van der Waals surface area contributed by atoms with Gasteiger partial charge < -0.3 is 56.8 Å². The first kappa shape index (κ1) is 44.0. The zero-order valence-corrected chi connectivity index (χ0v) is 36.7. The lowest BCUT2D eigenvalue weighted by molar-refractivity contribution is -0.313. The molecule has 1 fully saturated rings. The molecule has 1 aliphatic heterocycles. The second kappa shape index (κ2) is 21.1. The molecule has 1 heterocycles. The van der Waals surface area contributed by atoms with Crippen LogP contribution in [0.5, 0.6) is 34.5 Å². The number of esters is 2. The van der Waals surface area contributed by atoms with Crippen LogP contribution in [0.1, 0.15) is 31.8 Å². The number of benzene rings is 4. The molecule has 0 spiro atoms. The van der Waals surface area contributed by atoms with Gasteiger partial charge in [-0.1, -0.05) is 60.7 Å². The first-order chi connectivity index (χ1) is 27.6. The number of ether oxygens (including phenoxy) is 12. The molecule has 0 saturated carbocycles. The highest BCUT2D eigenvalue weighted by molar-refractivity contribution is 14.1. The van der Waals surface area contributed by atoms with Crippen molar-refractivity contribution in [1.82, 2.24) is 0 Å². The summed E-state index contributed by atoms with van der Waals surface area (Å²) in [6.45, 7) is -0.129. The van der Waals surface area contributed by atoms with Gasteiger partial charge in [0.2, 0.25) is 11.5 Å². The van der Waals surface area contributed by atoms with Crippen LogP contribution in [0.2, 0.25) is 0 Å². The Balaban J connectivity index is 1.56. The molecule has 0 aliphatic carbocycles. The van der Waals surface area contributed by atoms with E-state index in [9.17, 15) is 9.59 Å². The molecule has 0 amide bonds. The van der Waals surface area contributed by atoms with Crippen molar-refractivity contribution in [2.75, 3.05) is 56.4 Å². The molecule has 0 radical (unpaired) electrons. The SMILES string of the molecule is COc1cc(C(=O)OC[C@H]2O[C@H](OC)[C@H](OCc3ccccc3)[C@@H](OCc3ccccc3)[C@@H]2OC(=O)c2cc(OC)c(OC)c(OC)c2I)c(I)c(OC)c1OC. The number of halogens is 2. The molecule has 1 aliphatic rings. The lowest BCUT2D eigenvalue weighted by Gasteiger charge is -2.45. The number of rotatable bonds is 18. The second-order valence-corrected chi connectivity index (χ2v) is 14.4. The van der Waals surface area contributed by atoms with Gasteiger partial charge in [0.25, 0.3) is 0 Å². The van der Waals surface area contributed by atoms with E-state index in [-0.39, 0.29) is 47.3 Å². The smallest absolute Gasteiger partial charge is 0.339 e. The van der Waals surface area contributed by atoms with E-state index in [1.54, 1.807) is 0 Å². The zero-order chi connectivity index (χ0) is 41.1. The minimum atomic E-state index is -1.23. The zero-order valence-electron chi connectivity index (χ0n) is 32.4. The molecule has 306 valence electrons. The van der Waals surface area contributed by atoms with Crippen molar-refractivity contribution in [3.63, 3.8) is 0 Å². The number of hydrogen-bond donors (Lipinski definition) is 0. The molecule has 4 aromatic rings.